The number of para-hydroxylation sites is 1. The summed E-state index contributed by atoms with van der Waals surface area (Å²) >= 11 is 0. The summed E-state index contributed by atoms with van der Waals surface area (Å²) in [5, 5.41) is 2.43. The molecule has 0 aliphatic carbocycles. The number of ether oxygens (including phenoxy) is 2. The Balaban J connectivity index is 1.89. The van der Waals surface area contributed by atoms with Crippen molar-refractivity contribution >= 4 is 6.09 Å². The average molecular weight is 283 g/mol. The van der Waals surface area contributed by atoms with Crippen molar-refractivity contribution in [1.29, 1.82) is 0 Å². The van der Waals surface area contributed by atoms with Gasteiger partial charge in [-0.3, -0.25) is 0 Å². The molecule has 2 aromatic rings. The molecule has 1 heterocycles. The van der Waals surface area contributed by atoms with Gasteiger partial charge in [0.05, 0.1) is 6.42 Å². The standard InChI is InChI=1S/C17H17NO3/c1-11-6-8-12(9-7-11)14-5-3-4-13-10-15(20-16(13)14)21-17(19)18-2/h3-9,15H,10H2,1-2H3,(H,18,19). The summed E-state index contributed by atoms with van der Waals surface area (Å²) in [6.07, 6.45) is -0.473. The quantitative estimate of drug-likeness (QED) is 0.920. The largest absolute Gasteiger partial charge is 0.453 e. The van der Waals surface area contributed by atoms with E-state index in [2.05, 4.69) is 36.5 Å². The number of hydrogen-bond acceptors (Lipinski definition) is 3. The van der Waals surface area contributed by atoms with Crippen molar-refractivity contribution in [3.05, 3.63) is 53.6 Å². The zero-order valence-electron chi connectivity index (χ0n) is 12.1. The maximum Gasteiger partial charge on any atom is 0.409 e. The molecule has 1 N–H and O–H groups in total. The molecule has 4 nitrogen and oxygen atoms in total. The fraction of sp³-hybridized carbons (Fsp3) is 0.235. The lowest BCUT2D eigenvalue weighted by Gasteiger charge is -2.13. The van der Waals surface area contributed by atoms with Crippen LogP contribution in [0.3, 0.4) is 0 Å². The molecule has 0 aromatic heterocycles. The first-order valence-corrected chi connectivity index (χ1v) is 6.91. The van der Waals surface area contributed by atoms with Crippen molar-refractivity contribution in [2.24, 2.45) is 0 Å². The Morgan fingerprint density at radius 1 is 1.24 bits per heavy atom. The van der Waals surface area contributed by atoms with Crippen molar-refractivity contribution in [2.75, 3.05) is 7.05 Å². The fourth-order valence-corrected chi connectivity index (χ4v) is 2.44. The Kier molecular flexibility index (Phi) is 3.52. The first-order valence-electron chi connectivity index (χ1n) is 6.91. The third kappa shape index (κ3) is 2.70. The van der Waals surface area contributed by atoms with E-state index in [9.17, 15) is 4.79 Å². The Bertz CT molecular complexity index is 664. The number of carbonyl (C=O) groups is 1. The molecule has 21 heavy (non-hydrogen) atoms. The van der Waals surface area contributed by atoms with Crippen molar-refractivity contribution < 1.29 is 14.3 Å². The first-order chi connectivity index (χ1) is 10.2. The molecule has 2 aromatic carbocycles. The Morgan fingerprint density at radius 3 is 2.71 bits per heavy atom. The van der Waals surface area contributed by atoms with Gasteiger partial charge < -0.3 is 14.8 Å². The van der Waals surface area contributed by atoms with E-state index in [4.69, 9.17) is 9.47 Å². The van der Waals surface area contributed by atoms with Crippen LogP contribution in [0.25, 0.3) is 11.1 Å². The number of amides is 1. The van der Waals surface area contributed by atoms with Gasteiger partial charge in [-0.1, -0.05) is 48.0 Å². The second kappa shape index (κ2) is 5.48. The van der Waals surface area contributed by atoms with Gasteiger partial charge in [-0.15, -0.1) is 0 Å². The molecular formula is C17H17NO3. The summed E-state index contributed by atoms with van der Waals surface area (Å²) in [7, 11) is 1.53. The summed E-state index contributed by atoms with van der Waals surface area (Å²) in [5.41, 5.74) is 4.39. The molecule has 0 radical (unpaired) electrons. The number of nitrogens with one attached hydrogen (secondary N) is 1. The van der Waals surface area contributed by atoms with Crippen LogP contribution in [-0.2, 0) is 11.2 Å². The number of benzene rings is 2. The van der Waals surface area contributed by atoms with E-state index in [0.29, 0.717) is 6.42 Å². The van der Waals surface area contributed by atoms with Crippen LogP contribution in [0.1, 0.15) is 11.1 Å². The van der Waals surface area contributed by atoms with E-state index in [-0.39, 0.29) is 0 Å². The van der Waals surface area contributed by atoms with E-state index in [0.717, 1.165) is 22.4 Å². The summed E-state index contributed by atoms with van der Waals surface area (Å²) in [5.74, 6) is 0.801. The Labute approximate surface area is 123 Å². The highest BCUT2D eigenvalue weighted by Gasteiger charge is 2.28. The van der Waals surface area contributed by atoms with Gasteiger partial charge in [-0.25, -0.2) is 4.79 Å². The van der Waals surface area contributed by atoms with Crippen molar-refractivity contribution in [2.45, 2.75) is 19.6 Å². The normalized spacial score (nSPS) is 16.0. The molecule has 108 valence electrons. The second-order valence-corrected chi connectivity index (χ2v) is 5.07. The van der Waals surface area contributed by atoms with Gasteiger partial charge >= 0.3 is 6.09 Å². The molecule has 1 amide bonds. The van der Waals surface area contributed by atoms with Gasteiger partial charge in [-0.2, -0.15) is 0 Å². The van der Waals surface area contributed by atoms with Crippen molar-refractivity contribution in [1.82, 2.24) is 5.32 Å². The predicted octanol–water partition coefficient (Wildman–Crippen LogP) is 3.28. The third-order valence-corrected chi connectivity index (χ3v) is 3.54. The van der Waals surface area contributed by atoms with Gasteiger partial charge in [0.2, 0.25) is 6.29 Å². The number of rotatable bonds is 2. The van der Waals surface area contributed by atoms with E-state index >= 15 is 0 Å². The van der Waals surface area contributed by atoms with Crippen LogP contribution in [0.5, 0.6) is 5.75 Å². The lowest BCUT2D eigenvalue weighted by molar-refractivity contribution is -0.0153. The lowest BCUT2D eigenvalue weighted by Crippen LogP contribution is -2.28. The highest BCUT2D eigenvalue weighted by atomic mass is 16.7. The molecule has 4 heteroatoms. The maximum atomic E-state index is 11.3. The molecule has 0 bridgehead atoms. The molecule has 1 unspecified atom stereocenters. The van der Waals surface area contributed by atoms with Crippen LogP contribution < -0.4 is 10.1 Å². The second-order valence-electron chi connectivity index (χ2n) is 5.07. The van der Waals surface area contributed by atoms with Gasteiger partial charge in [-0.05, 0) is 12.5 Å². The minimum atomic E-state index is -0.563. The summed E-state index contributed by atoms with van der Waals surface area (Å²) < 4.78 is 11.0. The average Bonchev–Trinajstić information content (AvgIpc) is 2.90. The molecular weight excluding hydrogens is 266 g/mol. The van der Waals surface area contributed by atoms with Crippen LogP contribution in [0.4, 0.5) is 4.79 Å². The van der Waals surface area contributed by atoms with E-state index in [1.165, 1.54) is 12.6 Å². The van der Waals surface area contributed by atoms with Gasteiger partial charge in [0.25, 0.3) is 0 Å². The van der Waals surface area contributed by atoms with Gasteiger partial charge in [0, 0.05) is 18.2 Å². The number of aryl methyl sites for hydroxylation is 1. The summed E-state index contributed by atoms with van der Waals surface area (Å²) in [4.78, 5) is 11.3. The number of hydrogen-bond donors (Lipinski definition) is 1. The first kappa shape index (κ1) is 13.5. The predicted molar refractivity (Wildman–Crippen MR) is 80.3 cm³/mol. The molecule has 0 saturated heterocycles. The Hall–Kier alpha value is -2.49. The van der Waals surface area contributed by atoms with Crippen LogP contribution >= 0.6 is 0 Å². The van der Waals surface area contributed by atoms with Crippen molar-refractivity contribution in [3.8, 4) is 16.9 Å². The smallest absolute Gasteiger partial charge is 0.409 e. The number of fused-ring (bicyclic) bond motifs is 1. The molecule has 0 fully saturated rings. The van der Waals surface area contributed by atoms with Crippen LogP contribution in [0.2, 0.25) is 0 Å². The van der Waals surface area contributed by atoms with Crippen LogP contribution in [-0.4, -0.2) is 19.4 Å². The molecule has 1 atom stereocenters. The SMILES string of the molecule is CNC(=O)OC1Cc2cccc(-c3ccc(C)cc3)c2O1. The van der Waals surface area contributed by atoms with E-state index in [1.807, 2.05) is 18.2 Å². The third-order valence-electron chi connectivity index (χ3n) is 3.54. The molecule has 3 rings (SSSR count). The zero-order chi connectivity index (χ0) is 14.8. The minimum Gasteiger partial charge on any atom is -0.453 e. The maximum absolute atomic E-state index is 11.3. The number of alkyl carbamates (subject to hydrolysis) is 1. The topological polar surface area (TPSA) is 47.6 Å². The van der Waals surface area contributed by atoms with Gasteiger partial charge in [0.1, 0.15) is 5.75 Å². The summed E-state index contributed by atoms with van der Waals surface area (Å²) in [6.45, 7) is 2.06. The van der Waals surface area contributed by atoms with Crippen LogP contribution in [0.15, 0.2) is 42.5 Å². The highest BCUT2D eigenvalue weighted by Crippen LogP contribution is 2.39. The molecule has 1 aliphatic heterocycles. The minimum absolute atomic E-state index is 0.482. The van der Waals surface area contributed by atoms with Crippen LogP contribution in [0, 0.1) is 6.92 Å². The Morgan fingerprint density at radius 2 is 2.00 bits per heavy atom. The zero-order valence-corrected chi connectivity index (χ0v) is 12.1. The lowest BCUT2D eigenvalue weighted by atomic mass is 10.0. The monoisotopic (exact) mass is 283 g/mol. The molecule has 0 spiro atoms. The van der Waals surface area contributed by atoms with E-state index < -0.39 is 12.4 Å². The molecule has 1 aliphatic rings. The van der Waals surface area contributed by atoms with E-state index in [1.54, 1.807) is 0 Å². The summed E-state index contributed by atoms with van der Waals surface area (Å²) in [6, 6.07) is 14.3. The highest BCUT2D eigenvalue weighted by molar-refractivity contribution is 5.73. The van der Waals surface area contributed by atoms with Crippen molar-refractivity contribution in [3.63, 3.8) is 0 Å². The number of carbonyl (C=O) groups excluding carboxylic acids is 1. The fourth-order valence-electron chi connectivity index (χ4n) is 2.44. The van der Waals surface area contributed by atoms with Gasteiger partial charge in [0.15, 0.2) is 0 Å². The molecule has 0 saturated carbocycles.